The van der Waals surface area contributed by atoms with Gasteiger partial charge in [0, 0.05) is 47.3 Å². The monoisotopic (exact) mass is 886 g/mol. The Morgan fingerprint density at radius 1 is 0.984 bits per heavy atom. The summed E-state index contributed by atoms with van der Waals surface area (Å²) in [7, 11) is -4.96. The summed E-state index contributed by atoms with van der Waals surface area (Å²) in [5.41, 5.74) is 13.4. The lowest BCUT2D eigenvalue weighted by Crippen LogP contribution is -2.52. The van der Waals surface area contributed by atoms with Gasteiger partial charge in [0.1, 0.15) is 23.6 Å². The fraction of sp³-hybridized carbons (Fsp3) is 0.359. The van der Waals surface area contributed by atoms with Crippen molar-refractivity contribution in [3.63, 3.8) is 0 Å². The van der Waals surface area contributed by atoms with Gasteiger partial charge >= 0.3 is 19.7 Å². The number of amides is 1. The standard InChI is InChI=1S/C39H47N6O14PS/c1-20-3-6-25-30(15-20)57-31-17-23(47)5-8-26(31)33(25)24-7-4-22(16-27(24)36(49)50)44-38(61)42-9-11-55-13-14-56-12-10-43-39(51)59-35(29(48)19-46)34-21(2)28(45-37(40)41)18-32(58-34)60(52,53)54/h3-8,15-18,21,28-29,34-35,46,48H,9-14,19H2,1-2H3,(H,43,51)(H,49,50)(H4,40,41,45)(H2,42,44,61)(H2,52,53,54)/t21-,28+,29-,34-,35-/m1/s1. The summed E-state index contributed by atoms with van der Waals surface area (Å²) in [6.07, 6.45) is -4.64. The van der Waals surface area contributed by atoms with Gasteiger partial charge in [-0.15, -0.1) is 0 Å². The molecule has 12 N–H and O–H groups in total. The first-order valence-electron chi connectivity index (χ1n) is 18.8. The summed E-state index contributed by atoms with van der Waals surface area (Å²) >= 11 is 5.40. The lowest BCUT2D eigenvalue weighted by molar-refractivity contribution is -0.109. The molecule has 2 aromatic carbocycles. The highest BCUT2D eigenvalue weighted by atomic mass is 32.1. The number of aromatic carboxylic acids is 1. The predicted molar refractivity (Wildman–Crippen MR) is 227 cm³/mol. The SMILES string of the molecule is Cc1ccc2c(-c3ccc(NC(=S)NCCOCCOCCNC(=O)O[C@@H]([C@@H]4OC(P(=O)(O)O)=C[C@H](N=C(N)N)[C@H]4C)[C@H](O)CO)cc3C(=O)O)c3ccc(=O)cc-3oc2c1. The summed E-state index contributed by atoms with van der Waals surface area (Å²) in [5, 5.41) is 39.6. The van der Waals surface area contributed by atoms with Crippen molar-refractivity contribution >= 4 is 59.6 Å². The number of anilines is 1. The summed E-state index contributed by atoms with van der Waals surface area (Å²) in [5.74, 6) is -1.97. The van der Waals surface area contributed by atoms with Crippen LogP contribution in [0.1, 0.15) is 22.8 Å². The zero-order chi connectivity index (χ0) is 44.4. The van der Waals surface area contributed by atoms with Gasteiger partial charge in [0.25, 0.3) is 0 Å². The molecule has 5 atom stereocenters. The first kappa shape index (κ1) is 46.4. The number of rotatable bonds is 18. The fourth-order valence-electron chi connectivity index (χ4n) is 6.52. The molecule has 22 heteroatoms. The van der Waals surface area contributed by atoms with Gasteiger partial charge in [-0.05, 0) is 66.7 Å². The number of aliphatic imine (C=N–C) groups is 1. The van der Waals surface area contributed by atoms with Crippen LogP contribution >= 0.6 is 19.8 Å². The van der Waals surface area contributed by atoms with E-state index < -0.39 is 62.0 Å². The second-order valence-electron chi connectivity index (χ2n) is 13.9. The minimum atomic E-state index is -4.96. The number of hydrogen-bond donors (Lipinski definition) is 10. The maximum Gasteiger partial charge on any atom is 0.407 e. The molecule has 20 nitrogen and oxygen atoms in total. The lowest BCUT2D eigenvalue weighted by Gasteiger charge is -2.39. The summed E-state index contributed by atoms with van der Waals surface area (Å²) in [6, 6.07) is 13.8. The van der Waals surface area contributed by atoms with Gasteiger partial charge in [-0.3, -0.25) is 9.36 Å². The Morgan fingerprint density at radius 3 is 2.33 bits per heavy atom. The number of aliphatic hydroxyl groups excluding tert-OH is 2. The summed E-state index contributed by atoms with van der Waals surface area (Å²) in [4.78, 5) is 60.7. The number of aliphatic hydroxyl groups is 2. The normalized spacial score (nSPS) is 17.4. The largest absolute Gasteiger partial charge is 0.478 e. The number of carbonyl (C=O) groups excluding carboxylic acids is 1. The number of benzene rings is 3. The molecule has 1 amide bonds. The van der Waals surface area contributed by atoms with Gasteiger partial charge in [-0.2, -0.15) is 0 Å². The summed E-state index contributed by atoms with van der Waals surface area (Å²) < 4.78 is 39.8. The van der Waals surface area contributed by atoms with Crippen LogP contribution in [0, 0.1) is 12.8 Å². The van der Waals surface area contributed by atoms with Crippen molar-refractivity contribution in [1.82, 2.24) is 10.6 Å². The van der Waals surface area contributed by atoms with Gasteiger partial charge in [0.2, 0.25) is 5.50 Å². The predicted octanol–water partition coefficient (Wildman–Crippen LogP) is 2.04. The third-order valence-electron chi connectivity index (χ3n) is 9.39. The van der Waals surface area contributed by atoms with Gasteiger partial charge in [0.15, 0.2) is 22.6 Å². The number of hydrogen-bond acceptors (Lipinski definition) is 13. The second kappa shape index (κ2) is 20.8. The molecule has 0 saturated carbocycles. The number of nitrogens with two attached hydrogens (primary N) is 2. The van der Waals surface area contributed by atoms with Crippen LogP contribution in [0.2, 0.25) is 0 Å². The van der Waals surface area contributed by atoms with Crippen molar-refractivity contribution in [1.29, 1.82) is 0 Å². The quantitative estimate of drug-likeness (QED) is 0.0171. The molecule has 61 heavy (non-hydrogen) atoms. The van der Waals surface area contributed by atoms with Crippen LogP contribution in [0.3, 0.4) is 0 Å². The molecular weight excluding hydrogens is 839 g/mol. The highest BCUT2D eigenvalue weighted by Crippen LogP contribution is 2.50. The van der Waals surface area contributed by atoms with E-state index in [4.69, 9.17) is 47.0 Å². The molecule has 0 bridgehead atoms. The highest BCUT2D eigenvalue weighted by Gasteiger charge is 2.45. The molecule has 0 unspecified atom stereocenters. The number of fused-ring (bicyclic) bond motifs is 2. The van der Waals surface area contributed by atoms with Crippen molar-refractivity contribution in [3.05, 3.63) is 87.5 Å². The van der Waals surface area contributed by atoms with E-state index in [0.29, 0.717) is 45.7 Å². The average molecular weight is 887 g/mol. The molecule has 5 rings (SSSR count). The first-order chi connectivity index (χ1) is 29.0. The molecule has 0 radical (unpaired) electrons. The molecule has 328 valence electrons. The van der Waals surface area contributed by atoms with Gasteiger partial charge in [-0.25, -0.2) is 14.6 Å². The van der Waals surface area contributed by atoms with Crippen LogP contribution in [0.25, 0.3) is 33.4 Å². The highest BCUT2D eigenvalue weighted by molar-refractivity contribution is 7.80. The van der Waals surface area contributed by atoms with Crippen molar-refractivity contribution in [2.45, 2.75) is 38.2 Å². The van der Waals surface area contributed by atoms with Crippen molar-refractivity contribution in [3.8, 4) is 22.5 Å². The topological polar surface area (TPSA) is 320 Å². The van der Waals surface area contributed by atoms with Gasteiger partial charge in [-0.1, -0.05) is 25.1 Å². The number of nitrogens with one attached hydrogen (secondary N) is 3. The average Bonchev–Trinajstić information content (AvgIpc) is 3.19. The first-order valence-corrected chi connectivity index (χ1v) is 20.8. The molecule has 0 spiro atoms. The number of guanidine groups is 1. The van der Waals surface area contributed by atoms with E-state index in [1.54, 1.807) is 25.1 Å². The molecule has 0 saturated heterocycles. The minimum absolute atomic E-state index is 0.00710. The van der Waals surface area contributed by atoms with E-state index in [2.05, 4.69) is 20.9 Å². The van der Waals surface area contributed by atoms with Crippen LogP contribution < -0.4 is 32.8 Å². The Hall–Kier alpha value is -5.64. The van der Waals surface area contributed by atoms with Gasteiger partial charge < -0.3 is 75.9 Å². The molecule has 2 heterocycles. The van der Waals surface area contributed by atoms with Crippen molar-refractivity contribution in [2.75, 3.05) is 51.4 Å². The number of carboxylic acid groups (broad SMARTS) is 1. The molecule has 2 aromatic rings. The van der Waals surface area contributed by atoms with E-state index >= 15 is 0 Å². The lowest BCUT2D eigenvalue weighted by atomic mass is 9.88. The zero-order valence-electron chi connectivity index (χ0n) is 33.0. The Labute approximate surface area is 354 Å². The number of aryl methyl sites for hydroxylation is 1. The van der Waals surface area contributed by atoms with Crippen LogP contribution in [0.4, 0.5) is 10.5 Å². The molecule has 1 aliphatic carbocycles. The Kier molecular flexibility index (Phi) is 15.8. The molecule has 2 aliphatic heterocycles. The third kappa shape index (κ3) is 12.2. The molecule has 0 fully saturated rings. The Balaban J connectivity index is 1.05. The van der Waals surface area contributed by atoms with E-state index in [1.807, 2.05) is 25.1 Å². The van der Waals surface area contributed by atoms with Crippen molar-refractivity contribution in [2.24, 2.45) is 22.4 Å². The maximum absolute atomic E-state index is 12.6. The van der Waals surface area contributed by atoms with E-state index in [1.165, 1.54) is 18.2 Å². The minimum Gasteiger partial charge on any atom is -0.478 e. The second-order valence-corrected chi connectivity index (χ2v) is 15.8. The Morgan fingerprint density at radius 2 is 1.67 bits per heavy atom. The maximum atomic E-state index is 12.6. The van der Waals surface area contributed by atoms with Crippen molar-refractivity contribution < 1.29 is 62.6 Å². The van der Waals surface area contributed by atoms with E-state index in [-0.39, 0.29) is 55.0 Å². The fourth-order valence-corrected chi connectivity index (χ4v) is 7.34. The number of carbonyl (C=O) groups is 2. The van der Waals surface area contributed by atoms with Crippen LogP contribution in [0.15, 0.2) is 80.4 Å². The number of ether oxygens (including phenoxy) is 4. The molecule has 3 aliphatic rings. The number of alkyl carbamates (subject to hydrolysis) is 1. The number of carboxylic acids is 1. The van der Waals surface area contributed by atoms with Crippen LogP contribution in [0.5, 0.6) is 0 Å². The van der Waals surface area contributed by atoms with Crippen LogP contribution in [-0.2, 0) is 23.5 Å². The summed E-state index contributed by atoms with van der Waals surface area (Å²) in [6.45, 7) is 3.47. The van der Waals surface area contributed by atoms with Crippen LogP contribution in [-0.4, -0.2) is 119 Å². The zero-order valence-corrected chi connectivity index (χ0v) is 34.7. The third-order valence-corrected chi connectivity index (χ3v) is 10.5. The number of thiocarbonyl (C=S) groups is 1. The smallest absolute Gasteiger partial charge is 0.407 e. The molecule has 0 aromatic heterocycles. The Bertz CT molecular complexity index is 2370. The molecular formula is C39H47N6O14PS. The van der Waals surface area contributed by atoms with E-state index in [9.17, 15) is 44.1 Å². The van der Waals surface area contributed by atoms with Gasteiger partial charge in [0.05, 0.1) is 44.6 Å². The van der Waals surface area contributed by atoms with E-state index in [0.717, 1.165) is 11.6 Å². The number of nitrogens with zero attached hydrogens (tertiary/aromatic N) is 1.